The first-order valence-corrected chi connectivity index (χ1v) is 7.88. The number of carbonyl (C=O) groups excluding carboxylic acids is 1. The summed E-state index contributed by atoms with van der Waals surface area (Å²) in [5.41, 5.74) is 1.11. The predicted octanol–water partition coefficient (Wildman–Crippen LogP) is 2.02. The number of hydrogen-bond donors (Lipinski definition) is 1. The van der Waals surface area contributed by atoms with Crippen LogP contribution in [0.2, 0.25) is 5.02 Å². The predicted molar refractivity (Wildman–Crippen MR) is 90.7 cm³/mol. The molecular formula is C16H18ClN5O. The standard InChI is InChI=1S/C16H18ClN5O/c17-14-3-1-13(2-4-14)11-19-16-18-6-5-15(20-16)22-9-7-21(12-23)8-10-22/h1-6,12H,7-11H2,(H,18,19,20). The van der Waals surface area contributed by atoms with Gasteiger partial charge in [0.2, 0.25) is 12.4 Å². The molecular weight excluding hydrogens is 314 g/mol. The summed E-state index contributed by atoms with van der Waals surface area (Å²) in [7, 11) is 0. The first-order chi connectivity index (χ1) is 11.2. The number of anilines is 2. The third-order valence-electron chi connectivity index (χ3n) is 3.79. The fourth-order valence-corrected chi connectivity index (χ4v) is 2.58. The van der Waals surface area contributed by atoms with Crippen LogP contribution in [0.5, 0.6) is 0 Å². The lowest BCUT2D eigenvalue weighted by molar-refractivity contribution is -0.118. The van der Waals surface area contributed by atoms with Gasteiger partial charge in [-0.3, -0.25) is 4.79 Å². The van der Waals surface area contributed by atoms with Gasteiger partial charge in [-0.1, -0.05) is 23.7 Å². The Morgan fingerprint density at radius 3 is 2.57 bits per heavy atom. The van der Waals surface area contributed by atoms with Crippen molar-refractivity contribution in [2.75, 3.05) is 36.4 Å². The Balaban J connectivity index is 1.61. The van der Waals surface area contributed by atoms with Crippen LogP contribution in [0.1, 0.15) is 5.56 Å². The second kappa shape index (κ2) is 7.28. The summed E-state index contributed by atoms with van der Waals surface area (Å²) in [6, 6.07) is 9.56. The largest absolute Gasteiger partial charge is 0.353 e. The van der Waals surface area contributed by atoms with Crippen molar-refractivity contribution in [1.29, 1.82) is 0 Å². The monoisotopic (exact) mass is 331 g/mol. The molecule has 120 valence electrons. The van der Waals surface area contributed by atoms with Crippen molar-refractivity contribution in [3.63, 3.8) is 0 Å². The van der Waals surface area contributed by atoms with Crippen molar-refractivity contribution in [1.82, 2.24) is 14.9 Å². The molecule has 23 heavy (non-hydrogen) atoms. The van der Waals surface area contributed by atoms with Crippen molar-refractivity contribution >= 4 is 29.8 Å². The Hall–Kier alpha value is -2.34. The molecule has 0 spiro atoms. The number of benzene rings is 1. The zero-order valence-electron chi connectivity index (χ0n) is 12.7. The third kappa shape index (κ3) is 4.10. The molecule has 0 unspecified atom stereocenters. The molecule has 3 rings (SSSR count). The molecule has 1 aromatic carbocycles. The highest BCUT2D eigenvalue weighted by Gasteiger charge is 2.16. The van der Waals surface area contributed by atoms with E-state index in [4.69, 9.17) is 11.6 Å². The van der Waals surface area contributed by atoms with Crippen molar-refractivity contribution < 1.29 is 4.79 Å². The molecule has 6 nitrogen and oxygen atoms in total. The summed E-state index contributed by atoms with van der Waals surface area (Å²) < 4.78 is 0. The summed E-state index contributed by atoms with van der Waals surface area (Å²) in [5.74, 6) is 1.47. The highest BCUT2D eigenvalue weighted by atomic mass is 35.5. The van der Waals surface area contributed by atoms with E-state index in [1.54, 1.807) is 11.1 Å². The van der Waals surface area contributed by atoms with Crippen molar-refractivity contribution in [3.05, 3.63) is 47.1 Å². The minimum atomic E-state index is 0.593. The van der Waals surface area contributed by atoms with E-state index < -0.39 is 0 Å². The first kappa shape index (κ1) is 15.6. The van der Waals surface area contributed by atoms with Crippen LogP contribution in [-0.2, 0) is 11.3 Å². The smallest absolute Gasteiger partial charge is 0.224 e. The lowest BCUT2D eigenvalue weighted by Crippen LogP contribution is -2.46. The van der Waals surface area contributed by atoms with Crippen LogP contribution in [0.15, 0.2) is 36.5 Å². The molecule has 2 heterocycles. The van der Waals surface area contributed by atoms with Gasteiger partial charge >= 0.3 is 0 Å². The fourth-order valence-electron chi connectivity index (χ4n) is 2.45. The van der Waals surface area contributed by atoms with Gasteiger partial charge in [-0.25, -0.2) is 4.98 Å². The van der Waals surface area contributed by atoms with E-state index in [0.717, 1.165) is 49.0 Å². The number of carbonyl (C=O) groups is 1. The zero-order chi connectivity index (χ0) is 16.1. The van der Waals surface area contributed by atoms with Gasteiger partial charge in [-0.2, -0.15) is 4.98 Å². The lowest BCUT2D eigenvalue weighted by atomic mass is 10.2. The normalized spacial score (nSPS) is 14.7. The van der Waals surface area contributed by atoms with E-state index in [9.17, 15) is 4.79 Å². The maximum absolute atomic E-state index is 10.8. The van der Waals surface area contributed by atoms with Crippen LogP contribution in [-0.4, -0.2) is 47.5 Å². The van der Waals surface area contributed by atoms with Gasteiger partial charge in [0.05, 0.1) is 0 Å². The number of aromatic nitrogens is 2. The van der Waals surface area contributed by atoms with E-state index in [1.807, 2.05) is 30.3 Å². The summed E-state index contributed by atoms with van der Waals surface area (Å²) in [6.07, 6.45) is 2.65. The summed E-state index contributed by atoms with van der Waals surface area (Å²) in [4.78, 5) is 23.5. The fraction of sp³-hybridized carbons (Fsp3) is 0.312. The third-order valence-corrected chi connectivity index (χ3v) is 4.04. The maximum Gasteiger partial charge on any atom is 0.224 e. The van der Waals surface area contributed by atoms with E-state index in [2.05, 4.69) is 20.2 Å². The Kier molecular flexibility index (Phi) is 4.92. The summed E-state index contributed by atoms with van der Waals surface area (Å²) in [5, 5.41) is 3.94. The quantitative estimate of drug-likeness (QED) is 0.849. The molecule has 1 aromatic heterocycles. The molecule has 7 heteroatoms. The number of piperazine rings is 1. The summed E-state index contributed by atoms with van der Waals surface area (Å²) >= 11 is 5.88. The van der Waals surface area contributed by atoms with Crippen LogP contribution < -0.4 is 10.2 Å². The maximum atomic E-state index is 10.8. The Labute approximate surface area is 140 Å². The number of hydrogen-bond acceptors (Lipinski definition) is 5. The SMILES string of the molecule is O=CN1CCN(c2ccnc(NCc3ccc(Cl)cc3)n2)CC1. The number of halogens is 1. The number of nitrogens with one attached hydrogen (secondary N) is 1. The molecule has 1 N–H and O–H groups in total. The Morgan fingerprint density at radius 1 is 1.13 bits per heavy atom. The zero-order valence-corrected chi connectivity index (χ0v) is 13.4. The Morgan fingerprint density at radius 2 is 1.87 bits per heavy atom. The molecule has 2 aromatic rings. The molecule has 1 fully saturated rings. The first-order valence-electron chi connectivity index (χ1n) is 7.50. The van der Waals surface area contributed by atoms with Crippen molar-refractivity contribution in [3.8, 4) is 0 Å². The van der Waals surface area contributed by atoms with E-state index >= 15 is 0 Å². The molecule has 1 saturated heterocycles. The van der Waals surface area contributed by atoms with Crippen LogP contribution in [0.3, 0.4) is 0 Å². The molecule has 0 saturated carbocycles. The molecule has 0 radical (unpaired) electrons. The van der Waals surface area contributed by atoms with Crippen molar-refractivity contribution in [2.45, 2.75) is 6.54 Å². The number of rotatable bonds is 5. The Bertz CT molecular complexity index is 656. The molecule has 1 amide bonds. The lowest BCUT2D eigenvalue weighted by Gasteiger charge is -2.33. The molecule has 0 aliphatic carbocycles. The second-order valence-corrected chi connectivity index (χ2v) is 5.78. The van der Waals surface area contributed by atoms with Gasteiger partial charge in [0.15, 0.2) is 0 Å². The minimum absolute atomic E-state index is 0.593. The highest BCUT2D eigenvalue weighted by molar-refractivity contribution is 6.30. The number of amides is 1. The molecule has 1 aliphatic heterocycles. The van der Waals surface area contributed by atoms with Gasteiger partial charge in [0.1, 0.15) is 5.82 Å². The van der Waals surface area contributed by atoms with Crippen molar-refractivity contribution in [2.24, 2.45) is 0 Å². The average Bonchev–Trinajstić information content (AvgIpc) is 2.61. The van der Waals surface area contributed by atoms with Gasteiger partial charge in [-0.05, 0) is 23.8 Å². The molecule has 0 bridgehead atoms. The van der Waals surface area contributed by atoms with Gasteiger partial charge in [0.25, 0.3) is 0 Å². The van der Waals surface area contributed by atoms with Crippen LogP contribution in [0.4, 0.5) is 11.8 Å². The molecule has 1 aliphatic rings. The summed E-state index contributed by atoms with van der Waals surface area (Å²) in [6.45, 7) is 3.65. The minimum Gasteiger partial charge on any atom is -0.353 e. The van der Waals surface area contributed by atoms with Crippen LogP contribution >= 0.6 is 11.6 Å². The van der Waals surface area contributed by atoms with Crippen LogP contribution in [0, 0.1) is 0 Å². The van der Waals surface area contributed by atoms with E-state index in [0.29, 0.717) is 12.5 Å². The average molecular weight is 332 g/mol. The molecule has 0 atom stereocenters. The highest BCUT2D eigenvalue weighted by Crippen LogP contribution is 2.15. The van der Waals surface area contributed by atoms with Crippen LogP contribution in [0.25, 0.3) is 0 Å². The topological polar surface area (TPSA) is 61.4 Å². The van der Waals surface area contributed by atoms with Gasteiger partial charge in [0, 0.05) is 43.9 Å². The van der Waals surface area contributed by atoms with Gasteiger partial charge in [-0.15, -0.1) is 0 Å². The van der Waals surface area contributed by atoms with Gasteiger partial charge < -0.3 is 15.1 Å². The second-order valence-electron chi connectivity index (χ2n) is 5.35. The van der Waals surface area contributed by atoms with E-state index in [-0.39, 0.29) is 0 Å². The van der Waals surface area contributed by atoms with E-state index in [1.165, 1.54) is 0 Å². The number of nitrogens with zero attached hydrogens (tertiary/aromatic N) is 4.